The maximum atomic E-state index is 12.4. The van der Waals surface area contributed by atoms with Gasteiger partial charge in [-0.2, -0.15) is 9.78 Å². The third kappa shape index (κ3) is 3.79. The summed E-state index contributed by atoms with van der Waals surface area (Å²) in [5.41, 5.74) is 2.62. The second-order valence-electron chi connectivity index (χ2n) is 6.14. The number of thiazole rings is 1. The van der Waals surface area contributed by atoms with Crippen LogP contribution < -0.4 is 10.1 Å². The molecule has 1 N–H and O–H groups in total. The molecular formula is C21H18N4O2S. The molecule has 0 bridgehead atoms. The molecule has 0 aliphatic rings. The van der Waals surface area contributed by atoms with E-state index in [1.807, 2.05) is 61.5 Å². The molecule has 2 aromatic heterocycles. The number of para-hydroxylation sites is 1. The highest BCUT2D eigenvalue weighted by Crippen LogP contribution is 2.27. The van der Waals surface area contributed by atoms with Crippen molar-refractivity contribution in [1.29, 1.82) is 0 Å². The number of nitrogens with zero attached hydrogens (tertiary/aromatic N) is 3. The highest BCUT2D eigenvalue weighted by Gasteiger charge is 2.13. The number of benzene rings is 2. The van der Waals surface area contributed by atoms with Crippen molar-refractivity contribution in [2.24, 2.45) is 0 Å². The van der Waals surface area contributed by atoms with E-state index in [0.29, 0.717) is 10.9 Å². The lowest BCUT2D eigenvalue weighted by Gasteiger charge is -2.04. The fraction of sp³-hybridized carbons (Fsp3) is 0.0952. The van der Waals surface area contributed by atoms with Crippen LogP contribution in [0.3, 0.4) is 0 Å². The van der Waals surface area contributed by atoms with E-state index < -0.39 is 0 Å². The largest absolute Gasteiger partial charge is 0.497 e. The predicted octanol–water partition coefficient (Wildman–Crippen LogP) is 4.45. The van der Waals surface area contributed by atoms with Gasteiger partial charge in [0, 0.05) is 12.1 Å². The van der Waals surface area contributed by atoms with E-state index in [9.17, 15) is 4.79 Å². The van der Waals surface area contributed by atoms with Crippen molar-refractivity contribution in [3.05, 3.63) is 71.9 Å². The molecule has 6 nitrogen and oxygen atoms in total. The summed E-state index contributed by atoms with van der Waals surface area (Å²) >= 11 is 1.53. The van der Waals surface area contributed by atoms with Crippen molar-refractivity contribution < 1.29 is 9.53 Å². The Morgan fingerprint density at radius 1 is 1.18 bits per heavy atom. The summed E-state index contributed by atoms with van der Waals surface area (Å²) in [6.07, 6.45) is 3.24. The maximum Gasteiger partial charge on any atom is 0.249 e. The second kappa shape index (κ2) is 7.66. The molecule has 0 atom stereocenters. The topological polar surface area (TPSA) is 69.0 Å². The first-order chi connectivity index (χ1) is 13.6. The number of nitrogens with one attached hydrogen (secondary N) is 1. The minimum atomic E-state index is -0.238. The van der Waals surface area contributed by atoms with Crippen LogP contribution in [0, 0.1) is 6.92 Å². The Hall–Kier alpha value is -3.45. The maximum absolute atomic E-state index is 12.4. The molecule has 0 saturated carbocycles. The van der Waals surface area contributed by atoms with Crippen LogP contribution in [0.25, 0.3) is 21.4 Å². The van der Waals surface area contributed by atoms with Crippen LogP contribution in [0.15, 0.2) is 60.7 Å². The molecule has 1 amide bonds. The standard InChI is InChI=1S/C21H18N4O2S/c1-14-13-19(23-20(26)12-9-15-7-10-16(27-2)11-8-15)25(24-14)21-22-17-5-3-4-6-18(17)28-21/h3-13H,1-2H3,(H,23,26). The molecule has 7 heteroatoms. The number of hydrogen-bond acceptors (Lipinski definition) is 5. The zero-order valence-corrected chi connectivity index (χ0v) is 16.2. The van der Waals surface area contributed by atoms with Crippen LogP contribution in [0.1, 0.15) is 11.3 Å². The molecule has 4 rings (SSSR count). The molecule has 28 heavy (non-hydrogen) atoms. The minimum Gasteiger partial charge on any atom is -0.497 e. The average molecular weight is 390 g/mol. The zero-order valence-electron chi connectivity index (χ0n) is 15.4. The van der Waals surface area contributed by atoms with Crippen molar-refractivity contribution in [1.82, 2.24) is 14.8 Å². The summed E-state index contributed by atoms with van der Waals surface area (Å²) in [6, 6.07) is 17.2. The molecule has 0 aliphatic heterocycles. The van der Waals surface area contributed by atoms with Gasteiger partial charge in [-0.3, -0.25) is 4.79 Å². The first kappa shape index (κ1) is 17.9. The van der Waals surface area contributed by atoms with E-state index in [2.05, 4.69) is 15.4 Å². The van der Waals surface area contributed by atoms with Crippen molar-refractivity contribution in [2.75, 3.05) is 12.4 Å². The van der Waals surface area contributed by atoms with Gasteiger partial charge in [0.1, 0.15) is 11.6 Å². The van der Waals surface area contributed by atoms with Crippen LogP contribution in [-0.2, 0) is 4.79 Å². The molecular weight excluding hydrogens is 372 g/mol. The number of aryl methyl sites for hydroxylation is 1. The molecule has 0 radical (unpaired) electrons. The molecule has 0 fully saturated rings. The molecule has 2 aromatic carbocycles. The Kier molecular flexibility index (Phi) is 4.90. The Balaban J connectivity index is 1.54. The smallest absolute Gasteiger partial charge is 0.249 e. The van der Waals surface area contributed by atoms with E-state index in [4.69, 9.17) is 4.74 Å². The van der Waals surface area contributed by atoms with Gasteiger partial charge in [-0.1, -0.05) is 35.6 Å². The summed E-state index contributed by atoms with van der Waals surface area (Å²) in [5, 5.41) is 8.07. The minimum absolute atomic E-state index is 0.238. The van der Waals surface area contributed by atoms with E-state index in [0.717, 1.165) is 27.2 Å². The Labute approximate surface area is 166 Å². The quantitative estimate of drug-likeness (QED) is 0.511. The molecule has 0 spiro atoms. The zero-order chi connectivity index (χ0) is 19.5. The van der Waals surface area contributed by atoms with Crippen molar-refractivity contribution in [3.8, 4) is 10.9 Å². The molecule has 0 saturated heterocycles. The summed E-state index contributed by atoms with van der Waals surface area (Å²) < 4.78 is 7.87. The van der Waals surface area contributed by atoms with Gasteiger partial charge in [0.15, 0.2) is 0 Å². The first-order valence-corrected chi connectivity index (χ1v) is 9.50. The van der Waals surface area contributed by atoms with Crippen LogP contribution in [0.4, 0.5) is 5.82 Å². The molecule has 0 unspecified atom stereocenters. The predicted molar refractivity (Wildman–Crippen MR) is 112 cm³/mol. The third-order valence-electron chi connectivity index (χ3n) is 4.09. The fourth-order valence-electron chi connectivity index (χ4n) is 2.74. The van der Waals surface area contributed by atoms with E-state index in [-0.39, 0.29) is 5.91 Å². The Morgan fingerprint density at radius 2 is 1.96 bits per heavy atom. The van der Waals surface area contributed by atoms with Crippen molar-refractivity contribution >= 4 is 39.4 Å². The highest BCUT2D eigenvalue weighted by molar-refractivity contribution is 7.20. The Bertz CT molecular complexity index is 1130. The molecule has 140 valence electrons. The van der Waals surface area contributed by atoms with Gasteiger partial charge in [0.25, 0.3) is 0 Å². The number of rotatable bonds is 5. The van der Waals surface area contributed by atoms with Crippen molar-refractivity contribution in [2.45, 2.75) is 6.92 Å². The SMILES string of the molecule is COc1ccc(C=CC(=O)Nc2cc(C)nn2-c2nc3ccccc3s2)cc1. The number of methoxy groups -OCH3 is 1. The Morgan fingerprint density at radius 3 is 2.71 bits per heavy atom. The van der Waals surface area contributed by atoms with E-state index in [1.165, 1.54) is 17.4 Å². The lowest BCUT2D eigenvalue weighted by molar-refractivity contribution is -0.111. The highest BCUT2D eigenvalue weighted by atomic mass is 32.1. The van der Waals surface area contributed by atoms with Crippen molar-refractivity contribution in [3.63, 3.8) is 0 Å². The van der Waals surface area contributed by atoms with Crippen LogP contribution >= 0.6 is 11.3 Å². The fourth-order valence-corrected chi connectivity index (χ4v) is 3.67. The number of anilines is 1. The first-order valence-electron chi connectivity index (χ1n) is 8.68. The number of hydrogen-bond donors (Lipinski definition) is 1. The summed E-state index contributed by atoms with van der Waals surface area (Å²) in [6.45, 7) is 1.88. The molecule has 0 aliphatic carbocycles. The van der Waals surface area contributed by atoms with Gasteiger partial charge in [0.05, 0.1) is 23.0 Å². The van der Waals surface area contributed by atoms with Crippen LogP contribution in [0.5, 0.6) is 5.75 Å². The number of carbonyl (C=O) groups is 1. The van der Waals surface area contributed by atoms with Crippen LogP contribution in [0.2, 0.25) is 0 Å². The number of carbonyl (C=O) groups excluding carboxylic acids is 1. The summed E-state index contributed by atoms with van der Waals surface area (Å²) in [4.78, 5) is 17.0. The summed E-state index contributed by atoms with van der Waals surface area (Å²) in [7, 11) is 1.62. The van der Waals surface area contributed by atoms with Gasteiger partial charge in [0.2, 0.25) is 11.0 Å². The van der Waals surface area contributed by atoms with Gasteiger partial charge >= 0.3 is 0 Å². The van der Waals surface area contributed by atoms with Gasteiger partial charge in [-0.15, -0.1) is 0 Å². The van der Waals surface area contributed by atoms with Gasteiger partial charge in [-0.05, 0) is 42.8 Å². The lowest BCUT2D eigenvalue weighted by Crippen LogP contribution is -2.12. The third-order valence-corrected chi connectivity index (χ3v) is 5.10. The number of ether oxygens (including phenoxy) is 1. The normalized spacial score (nSPS) is 11.2. The average Bonchev–Trinajstić information content (AvgIpc) is 3.29. The van der Waals surface area contributed by atoms with Gasteiger partial charge in [-0.25, -0.2) is 4.98 Å². The second-order valence-corrected chi connectivity index (χ2v) is 7.15. The van der Waals surface area contributed by atoms with Crippen LogP contribution in [-0.4, -0.2) is 27.8 Å². The number of amides is 1. The summed E-state index contributed by atoms with van der Waals surface area (Å²) in [5.74, 6) is 1.12. The van der Waals surface area contributed by atoms with E-state index >= 15 is 0 Å². The van der Waals surface area contributed by atoms with E-state index in [1.54, 1.807) is 17.9 Å². The molecule has 2 heterocycles. The molecule has 4 aromatic rings. The van der Waals surface area contributed by atoms with Gasteiger partial charge < -0.3 is 10.1 Å². The number of fused-ring (bicyclic) bond motifs is 1. The number of aromatic nitrogens is 3. The lowest BCUT2D eigenvalue weighted by atomic mass is 10.2. The monoisotopic (exact) mass is 390 g/mol.